The average molecular weight is 238 g/mol. The molecule has 0 N–H and O–H groups in total. The van der Waals surface area contributed by atoms with Crippen molar-refractivity contribution < 1.29 is 4.79 Å². The summed E-state index contributed by atoms with van der Waals surface area (Å²) in [6.45, 7) is 3.79. The van der Waals surface area contributed by atoms with Crippen LogP contribution < -0.4 is 0 Å². The normalized spacial score (nSPS) is 20.8. The summed E-state index contributed by atoms with van der Waals surface area (Å²) >= 11 is 1.59. The van der Waals surface area contributed by atoms with Crippen LogP contribution >= 0.6 is 11.3 Å². The third-order valence-electron chi connectivity index (χ3n) is 3.13. The maximum atomic E-state index is 12.1. The maximum Gasteiger partial charge on any atom is 0.263 e. The van der Waals surface area contributed by atoms with E-state index in [0.717, 1.165) is 24.4 Å². The third-order valence-corrected chi connectivity index (χ3v) is 4.12. The minimum absolute atomic E-state index is 0.197. The summed E-state index contributed by atoms with van der Waals surface area (Å²) in [5, 5.41) is 0. The molecule has 1 aromatic rings. The molecular formula is C12H18N2OS. The van der Waals surface area contributed by atoms with Gasteiger partial charge in [0.2, 0.25) is 0 Å². The fraction of sp³-hybridized carbons (Fsp3) is 0.583. The van der Waals surface area contributed by atoms with Gasteiger partial charge >= 0.3 is 0 Å². The zero-order valence-corrected chi connectivity index (χ0v) is 10.9. The second-order valence-corrected chi connectivity index (χ2v) is 5.86. The van der Waals surface area contributed by atoms with Crippen molar-refractivity contribution in [3.63, 3.8) is 0 Å². The van der Waals surface area contributed by atoms with Crippen LogP contribution in [0.15, 0.2) is 12.1 Å². The Morgan fingerprint density at radius 1 is 1.50 bits per heavy atom. The molecule has 2 heterocycles. The lowest BCUT2D eigenvalue weighted by atomic mass is 10.2. The van der Waals surface area contributed by atoms with Crippen LogP contribution in [0, 0.1) is 6.92 Å². The highest BCUT2D eigenvalue weighted by Gasteiger charge is 2.28. The summed E-state index contributed by atoms with van der Waals surface area (Å²) < 4.78 is 0. The summed E-state index contributed by atoms with van der Waals surface area (Å²) in [7, 11) is 4.15. The largest absolute Gasteiger partial charge is 0.336 e. The molecule has 0 spiro atoms. The Labute approximate surface area is 101 Å². The Balaban J connectivity index is 2.02. The lowest BCUT2D eigenvalue weighted by Gasteiger charge is -2.19. The van der Waals surface area contributed by atoms with Crippen LogP contribution in [0.25, 0.3) is 0 Å². The molecule has 0 radical (unpaired) electrons. The van der Waals surface area contributed by atoms with Crippen molar-refractivity contribution in [1.82, 2.24) is 9.80 Å². The van der Waals surface area contributed by atoms with E-state index in [9.17, 15) is 4.79 Å². The molecule has 0 bridgehead atoms. The van der Waals surface area contributed by atoms with Gasteiger partial charge in [0.05, 0.1) is 4.88 Å². The predicted molar refractivity (Wildman–Crippen MR) is 67.1 cm³/mol. The van der Waals surface area contributed by atoms with E-state index in [4.69, 9.17) is 0 Å². The van der Waals surface area contributed by atoms with Crippen LogP contribution in [0.2, 0.25) is 0 Å². The SMILES string of the molecule is Cc1ccc(C(=O)N2CCC(N(C)C)C2)s1. The van der Waals surface area contributed by atoms with Gasteiger partial charge in [-0.2, -0.15) is 0 Å². The molecular weight excluding hydrogens is 220 g/mol. The van der Waals surface area contributed by atoms with Crippen LogP contribution in [0.1, 0.15) is 21.0 Å². The van der Waals surface area contributed by atoms with Crippen LogP contribution in [-0.2, 0) is 0 Å². The first-order chi connectivity index (χ1) is 7.58. The van der Waals surface area contributed by atoms with Crippen molar-refractivity contribution in [2.45, 2.75) is 19.4 Å². The van der Waals surface area contributed by atoms with Gasteiger partial charge in [0, 0.05) is 24.0 Å². The monoisotopic (exact) mass is 238 g/mol. The van der Waals surface area contributed by atoms with Crippen LogP contribution in [0.4, 0.5) is 0 Å². The van der Waals surface area contributed by atoms with Crippen LogP contribution in [-0.4, -0.2) is 48.9 Å². The topological polar surface area (TPSA) is 23.6 Å². The van der Waals surface area contributed by atoms with E-state index in [2.05, 4.69) is 19.0 Å². The molecule has 88 valence electrons. The van der Waals surface area contributed by atoms with E-state index in [1.165, 1.54) is 4.88 Å². The Morgan fingerprint density at radius 3 is 2.75 bits per heavy atom. The van der Waals surface area contributed by atoms with E-state index in [1.54, 1.807) is 11.3 Å². The van der Waals surface area contributed by atoms with E-state index < -0.39 is 0 Å². The number of likely N-dealkylation sites (N-methyl/N-ethyl adjacent to an activating group) is 1. The molecule has 1 saturated heterocycles. The molecule has 1 amide bonds. The van der Waals surface area contributed by atoms with E-state index in [-0.39, 0.29) is 5.91 Å². The van der Waals surface area contributed by atoms with Crippen LogP contribution in [0.5, 0.6) is 0 Å². The number of thiophene rings is 1. The van der Waals surface area contributed by atoms with Gasteiger partial charge in [-0.15, -0.1) is 11.3 Å². The minimum atomic E-state index is 0.197. The summed E-state index contributed by atoms with van der Waals surface area (Å²) in [6.07, 6.45) is 1.09. The molecule has 1 aliphatic heterocycles. The van der Waals surface area contributed by atoms with Gasteiger partial charge in [-0.05, 0) is 39.6 Å². The molecule has 3 nitrogen and oxygen atoms in total. The van der Waals surface area contributed by atoms with Gasteiger partial charge in [-0.25, -0.2) is 0 Å². The number of carbonyl (C=O) groups is 1. The lowest BCUT2D eigenvalue weighted by molar-refractivity contribution is 0.0788. The minimum Gasteiger partial charge on any atom is -0.336 e. The molecule has 0 aromatic carbocycles. The zero-order valence-electron chi connectivity index (χ0n) is 10.1. The molecule has 4 heteroatoms. The summed E-state index contributed by atoms with van der Waals surface area (Å²) in [4.78, 5) is 18.4. The second-order valence-electron chi connectivity index (χ2n) is 4.57. The maximum absolute atomic E-state index is 12.1. The van der Waals surface area contributed by atoms with Gasteiger partial charge < -0.3 is 9.80 Å². The van der Waals surface area contributed by atoms with E-state index >= 15 is 0 Å². The molecule has 0 aliphatic carbocycles. The number of carbonyl (C=O) groups excluding carboxylic acids is 1. The number of hydrogen-bond acceptors (Lipinski definition) is 3. The molecule has 1 atom stereocenters. The quantitative estimate of drug-likeness (QED) is 0.785. The Kier molecular flexibility index (Phi) is 3.30. The van der Waals surface area contributed by atoms with Crippen LogP contribution in [0.3, 0.4) is 0 Å². The van der Waals surface area contributed by atoms with Crippen molar-refractivity contribution >= 4 is 17.2 Å². The van der Waals surface area contributed by atoms with E-state index in [0.29, 0.717) is 6.04 Å². The second kappa shape index (κ2) is 4.55. The lowest BCUT2D eigenvalue weighted by Crippen LogP contribution is -2.34. The number of hydrogen-bond donors (Lipinski definition) is 0. The Hall–Kier alpha value is -0.870. The highest BCUT2D eigenvalue weighted by atomic mass is 32.1. The first kappa shape index (κ1) is 11.6. The number of rotatable bonds is 2. The molecule has 16 heavy (non-hydrogen) atoms. The van der Waals surface area contributed by atoms with Crippen molar-refractivity contribution in [1.29, 1.82) is 0 Å². The molecule has 1 unspecified atom stereocenters. The molecule has 1 aliphatic rings. The van der Waals surface area contributed by atoms with Crippen molar-refractivity contribution in [3.05, 3.63) is 21.9 Å². The first-order valence-corrected chi connectivity index (χ1v) is 6.41. The highest BCUT2D eigenvalue weighted by molar-refractivity contribution is 7.13. The van der Waals surface area contributed by atoms with Gasteiger partial charge in [0.25, 0.3) is 5.91 Å². The fourth-order valence-electron chi connectivity index (χ4n) is 2.05. The number of aryl methyl sites for hydroxylation is 1. The first-order valence-electron chi connectivity index (χ1n) is 5.60. The third kappa shape index (κ3) is 2.28. The highest BCUT2D eigenvalue weighted by Crippen LogP contribution is 2.21. The predicted octanol–water partition coefficient (Wildman–Crippen LogP) is 1.83. The standard InChI is InChI=1S/C12H18N2OS/c1-9-4-5-11(16-9)12(15)14-7-6-10(8-14)13(2)3/h4-5,10H,6-8H2,1-3H3. The van der Waals surface area contributed by atoms with Gasteiger partial charge in [0.1, 0.15) is 0 Å². The summed E-state index contributed by atoms with van der Waals surface area (Å²) in [6, 6.07) is 4.47. The smallest absolute Gasteiger partial charge is 0.263 e. The van der Waals surface area contributed by atoms with Crippen molar-refractivity contribution in [3.8, 4) is 0 Å². The van der Waals surface area contributed by atoms with Gasteiger partial charge in [-0.1, -0.05) is 0 Å². The molecule has 1 fully saturated rings. The zero-order chi connectivity index (χ0) is 11.7. The number of likely N-dealkylation sites (tertiary alicyclic amines) is 1. The molecule has 1 aromatic heterocycles. The summed E-state index contributed by atoms with van der Waals surface area (Å²) in [5.74, 6) is 0.197. The summed E-state index contributed by atoms with van der Waals surface area (Å²) in [5.41, 5.74) is 0. The Morgan fingerprint density at radius 2 is 2.25 bits per heavy atom. The number of nitrogens with zero attached hydrogens (tertiary/aromatic N) is 2. The molecule has 0 saturated carbocycles. The van der Waals surface area contributed by atoms with Crippen molar-refractivity contribution in [2.75, 3.05) is 27.2 Å². The van der Waals surface area contributed by atoms with Gasteiger partial charge in [-0.3, -0.25) is 4.79 Å². The average Bonchev–Trinajstić information content (AvgIpc) is 2.84. The number of amides is 1. The van der Waals surface area contributed by atoms with Crippen molar-refractivity contribution in [2.24, 2.45) is 0 Å². The molecule has 2 rings (SSSR count). The fourth-order valence-corrected chi connectivity index (χ4v) is 2.89. The Bertz CT molecular complexity index is 386. The van der Waals surface area contributed by atoms with Gasteiger partial charge in [0.15, 0.2) is 0 Å². The van der Waals surface area contributed by atoms with E-state index in [1.807, 2.05) is 24.0 Å².